The second kappa shape index (κ2) is 6.18. The van der Waals surface area contributed by atoms with Crippen molar-refractivity contribution in [2.24, 2.45) is 0 Å². The number of aromatic nitrogens is 3. The standard InChI is InChI=1S/C14H19N5O/c1-3-6-11-12(15)13(18-17-11)14(20)19(2)9-10-7-4-5-8-16-10/h4-5,7-8H,3,6,9,15H2,1-2H3,(H,17,18). The molecule has 1 amide bonds. The summed E-state index contributed by atoms with van der Waals surface area (Å²) in [5, 5.41) is 6.87. The highest BCUT2D eigenvalue weighted by atomic mass is 16.2. The first kappa shape index (κ1) is 14.0. The van der Waals surface area contributed by atoms with Gasteiger partial charge in [-0.05, 0) is 18.6 Å². The fourth-order valence-electron chi connectivity index (χ4n) is 1.98. The number of rotatable bonds is 5. The van der Waals surface area contributed by atoms with Gasteiger partial charge in [0.25, 0.3) is 5.91 Å². The number of carbonyl (C=O) groups is 1. The molecule has 0 aliphatic heterocycles. The fraction of sp³-hybridized carbons (Fsp3) is 0.357. The van der Waals surface area contributed by atoms with Crippen LogP contribution in [0.1, 0.15) is 35.2 Å². The van der Waals surface area contributed by atoms with Crippen molar-refractivity contribution >= 4 is 11.6 Å². The molecule has 2 aromatic rings. The SMILES string of the molecule is CCCc1[nH]nc(C(=O)N(C)Cc2ccccn2)c1N. The lowest BCUT2D eigenvalue weighted by Crippen LogP contribution is -2.27. The van der Waals surface area contributed by atoms with Crippen LogP contribution < -0.4 is 5.73 Å². The second-order valence-electron chi connectivity index (χ2n) is 4.70. The summed E-state index contributed by atoms with van der Waals surface area (Å²) in [5.74, 6) is -0.202. The van der Waals surface area contributed by atoms with Gasteiger partial charge >= 0.3 is 0 Å². The summed E-state index contributed by atoms with van der Waals surface area (Å²) in [4.78, 5) is 18.1. The predicted octanol–water partition coefficient (Wildman–Crippen LogP) is 1.61. The second-order valence-corrected chi connectivity index (χ2v) is 4.70. The highest BCUT2D eigenvalue weighted by Crippen LogP contribution is 2.17. The van der Waals surface area contributed by atoms with Gasteiger partial charge in [0, 0.05) is 13.2 Å². The number of hydrogen-bond donors (Lipinski definition) is 2. The maximum atomic E-state index is 12.3. The van der Waals surface area contributed by atoms with E-state index >= 15 is 0 Å². The van der Waals surface area contributed by atoms with E-state index in [2.05, 4.69) is 22.1 Å². The van der Waals surface area contributed by atoms with Crippen molar-refractivity contribution in [1.82, 2.24) is 20.1 Å². The van der Waals surface area contributed by atoms with Crippen molar-refractivity contribution in [2.45, 2.75) is 26.3 Å². The van der Waals surface area contributed by atoms with Gasteiger partial charge in [0.1, 0.15) is 0 Å². The molecule has 6 nitrogen and oxygen atoms in total. The smallest absolute Gasteiger partial charge is 0.276 e. The lowest BCUT2D eigenvalue weighted by molar-refractivity contribution is 0.0778. The summed E-state index contributed by atoms with van der Waals surface area (Å²) in [5.41, 5.74) is 8.34. The van der Waals surface area contributed by atoms with Crippen LogP contribution in [0.4, 0.5) is 5.69 Å². The van der Waals surface area contributed by atoms with Crippen molar-refractivity contribution in [1.29, 1.82) is 0 Å². The number of nitrogen functional groups attached to an aromatic ring is 1. The summed E-state index contributed by atoms with van der Waals surface area (Å²) >= 11 is 0. The van der Waals surface area contributed by atoms with Gasteiger partial charge in [-0.15, -0.1) is 0 Å². The van der Waals surface area contributed by atoms with Crippen LogP contribution in [0.25, 0.3) is 0 Å². The Hall–Kier alpha value is -2.37. The Kier molecular flexibility index (Phi) is 4.34. The molecule has 0 saturated carbocycles. The Labute approximate surface area is 118 Å². The van der Waals surface area contributed by atoms with Gasteiger partial charge in [-0.25, -0.2) is 0 Å². The molecule has 0 fully saturated rings. The molecule has 6 heteroatoms. The zero-order chi connectivity index (χ0) is 14.5. The number of aromatic amines is 1. The van der Waals surface area contributed by atoms with Gasteiger partial charge in [0.05, 0.1) is 23.6 Å². The fourth-order valence-corrected chi connectivity index (χ4v) is 1.98. The summed E-state index contributed by atoms with van der Waals surface area (Å²) in [6.07, 6.45) is 3.44. The highest BCUT2D eigenvalue weighted by Gasteiger charge is 2.20. The molecule has 0 aliphatic carbocycles. The van der Waals surface area contributed by atoms with Gasteiger partial charge in [0.15, 0.2) is 5.69 Å². The van der Waals surface area contributed by atoms with Gasteiger partial charge in [-0.3, -0.25) is 14.9 Å². The number of nitrogens with two attached hydrogens (primary N) is 1. The number of aryl methyl sites for hydroxylation is 1. The summed E-state index contributed by atoms with van der Waals surface area (Å²) < 4.78 is 0. The Bertz CT molecular complexity index is 579. The van der Waals surface area contributed by atoms with Crippen molar-refractivity contribution in [3.05, 3.63) is 41.5 Å². The first-order chi connectivity index (χ1) is 9.63. The maximum Gasteiger partial charge on any atom is 0.276 e. The van der Waals surface area contributed by atoms with Crippen molar-refractivity contribution < 1.29 is 4.79 Å². The normalized spacial score (nSPS) is 10.5. The largest absolute Gasteiger partial charge is 0.395 e. The van der Waals surface area contributed by atoms with Crippen LogP contribution in [-0.4, -0.2) is 33.0 Å². The van der Waals surface area contributed by atoms with Crippen molar-refractivity contribution in [3.8, 4) is 0 Å². The molecule has 0 radical (unpaired) electrons. The molecule has 0 aromatic carbocycles. The van der Waals surface area contributed by atoms with E-state index in [1.54, 1.807) is 18.1 Å². The Morgan fingerprint density at radius 1 is 1.45 bits per heavy atom. The first-order valence-corrected chi connectivity index (χ1v) is 6.61. The van der Waals surface area contributed by atoms with Crippen LogP contribution in [-0.2, 0) is 13.0 Å². The minimum atomic E-state index is -0.202. The number of pyridine rings is 1. The van der Waals surface area contributed by atoms with Crippen LogP contribution in [0.2, 0.25) is 0 Å². The summed E-state index contributed by atoms with van der Waals surface area (Å²) in [7, 11) is 1.71. The molecule has 3 N–H and O–H groups in total. The molecule has 0 bridgehead atoms. The number of carbonyl (C=O) groups excluding carboxylic acids is 1. The molecule has 106 valence electrons. The monoisotopic (exact) mass is 273 g/mol. The minimum Gasteiger partial charge on any atom is -0.395 e. The lowest BCUT2D eigenvalue weighted by atomic mass is 10.2. The van der Waals surface area contributed by atoms with E-state index in [1.165, 1.54) is 0 Å². The third-order valence-electron chi connectivity index (χ3n) is 3.06. The van der Waals surface area contributed by atoms with Crippen molar-refractivity contribution in [3.63, 3.8) is 0 Å². The maximum absolute atomic E-state index is 12.3. The molecule has 0 spiro atoms. The predicted molar refractivity (Wildman–Crippen MR) is 77.0 cm³/mol. The number of amides is 1. The average Bonchev–Trinajstić information content (AvgIpc) is 2.81. The Morgan fingerprint density at radius 3 is 2.90 bits per heavy atom. The van der Waals surface area contributed by atoms with E-state index in [1.807, 2.05) is 18.2 Å². The Morgan fingerprint density at radius 2 is 2.25 bits per heavy atom. The van der Waals surface area contributed by atoms with Crippen LogP contribution in [0.15, 0.2) is 24.4 Å². The number of nitrogens with one attached hydrogen (secondary N) is 1. The molecule has 20 heavy (non-hydrogen) atoms. The molecular weight excluding hydrogens is 254 g/mol. The highest BCUT2D eigenvalue weighted by molar-refractivity contribution is 5.97. The lowest BCUT2D eigenvalue weighted by Gasteiger charge is -2.15. The van der Waals surface area contributed by atoms with E-state index < -0.39 is 0 Å². The van der Waals surface area contributed by atoms with E-state index in [-0.39, 0.29) is 11.6 Å². The third-order valence-corrected chi connectivity index (χ3v) is 3.06. The van der Waals surface area contributed by atoms with Crippen LogP contribution >= 0.6 is 0 Å². The zero-order valence-electron chi connectivity index (χ0n) is 11.8. The number of anilines is 1. The quantitative estimate of drug-likeness (QED) is 0.866. The van der Waals surface area contributed by atoms with Gasteiger partial charge in [0.2, 0.25) is 0 Å². The molecule has 0 saturated heterocycles. The molecule has 0 aliphatic rings. The number of hydrogen-bond acceptors (Lipinski definition) is 4. The molecule has 2 aromatic heterocycles. The van der Waals surface area contributed by atoms with Gasteiger partial charge in [-0.1, -0.05) is 19.4 Å². The van der Waals surface area contributed by atoms with Gasteiger partial charge in [-0.2, -0.15) is 5.10 Å². The molecule has 0 atom stereocenters. The summed E-state index contributed by atoms with van der Waals surface area (Å²) in [6.45, 7) is 2.48. The van der Waals surface area contributed by atoms with Gasteiger partial charge < -0.3 is 10.6 Å². The van der Waals surface area contributed by atoms with E-state index in [9.17, 15) is 4.79 Å². The molecule has 2 rings (SSSR count). The van der Waals surface area contributed by atoms with E-state index in [4.69, 9.17) is 5.73 Å². The molecule has 0 unspecified atom stereocenters. The minimum absolute atomic E-state index is 0.202. The van der Waals surface area contributed by atoms with E-state index in [0.29, 0.717) is 12.2 Å². The first-order valence-electron chi connectivity index (χ1n) is 6.61. The Balaban J connectivity index is 2.11. The molecular formula is C14H19N5O. The summed E-state index contributed by atoms with van der Waals surface area (Å²) in [6, 6.07) is 5.61. The number of nitrogens with zero attached hydrogens (tertiary/aromatic N) is 3. The topological polar surface area (TPSA) is 87.9 Å². The van der Waals surface area contributed by atoms with E-state index in [0.717, 1.165) is 24.2 Å². The number of H-pyrrole nitrogens is 1. The van der Waals surface area contributed by atoms with Crippen LogP contribution in [0.5, 0.6) is 0 Å². The third kappa shape index (κ3) is 2.96. The molecule has 2 heterocycles. The average molecular weight is 273 g/mol. The van der Waals surface area contributed by atoms with Crippen molar-refractivity contribution in [2.75, 3.05) is 12.8 Å². The van der Waals surface area contributed by atoms with Crippen LogP contribution in [0.3, 0.4) is 0 Å². The zero-order valence-corrected chi connectivity index (χ0v) is 11.8. The van der Waals surface area contributed by atoms with Crippen LogP contribution in [0, 0.1) is 0 Å².